The second-order valence-electron chi connectivity index (χ2n) is 6.68. The first-order chi connectivity index (χ1) is 12.1. The Hall–Kier alpha value is -2.09. The standard InChI is InChI=1S/C17H27N5O3/c1-20-16(23)11-14(12-19-20)22-9-10-25-15(13-22)5-6-18-17(24)21-7-3-2-4-8-21/h11-12,15H,2-10,13H2,1H3,(H,18,24). The van der Waals surface area contributed by atoms with Crippen molar-refractivity contribution in [1.29, 1.82) is 0 Å². The van der Waals surface area contributed by atoms with Crippen molar-refractivity contribution in [2.75, 3.05) is 44.2 Å². The lowest BCUT2D eigenvalue weighted by molar-refractivity contribution is 0.0356. The first-order valence-electron chi connectivity index (χ1n) is 9.06. The van der Waals surface area contributed by atoms with E-state index in [4.69, 9.17) is 4.74 Å². The van der Waals surface area contributed by atoms with Crippen LogP contribution < -0.4 is 15.8 Å². The van der Waals surface area contributed by atoms with Crippen molar-refractivity contribution >= 4 is 11.7 Å². The predicted molar refractivity (Wildman–Crippen MR) is 94.9 cm³/mol. The van der Waals surface area contributed by atoms with Crippen molar-refractivity contribution in [3.05, 3.63) is 22.6 Å². The molecule has 1 aromatic rings. The Labute approximate surface area is 147 Å². The maximum absolute atomic E-state index is 12.1. The fourth-order valence-electron chi connectivity index (χ4n) is 3.31. The second-order valence-corrected chi connectivity index (χ2v) is 6.68. The summed E-state index contributed by atoms with van der Waals surface area (Å²) in [4.78, 5) is 27.9. The Morgan fingerprint density at radius 1 is 1.32 bits per heavy atom. The molecule has 2 aliphatic rings. The van der Waals surface area contributed by atoms with Crippen LogP contribution in [0.1, 0.15) is 25.7 Å². The lowest BCUT2D eigenvalue weighted by Gasteiger charge is -2.34. The number of rotatable bonds is 4. The molecular weight excluding hydrogens is 322 g/mol. The zero-order chi connectivity index (χ0) is 17.6. The van der Waals surface area contributed by atoms with E-state index in [9.17, 15) is 9.59 Å². The van der Waals surface area contributed by atoms with Crippen molar-refractivity contribution in [1.82, 2.24) is 20.0 Å². The Bertz CT molecular complexity index is 641. The number of anilines is 1. The van der Waals surface area contributed by atoms with Crippen LogP contribution in [0.3, 0.4) is 0 Å². The summed E-state index contributed by atoms with van der Waals surface area (Å²) >= 11 is 0. The number of carbonyl (C=O) groups is 1. The number of amides is 2. The van der Waals surface area contributed by atoms with E-state index >= 15 is 0 Å². The maximum atomic E-state index is 12.1. The van der Waals surface area contributed by atoms with Crippen LogP contribution >= 0.6 is 0 Å². The van der Waals surface area contributed by atoms with E-state index in [2.05, 4.69) is 15.3 Å². The van der Waals surface area contributed by atoms with E-state index in [1.54, 1.807) is 19.3 Å². The number of likely N-dealkylation sites (tertiary alicyclic amines) is 1. The molecular formula is C17H27N5O3. The molecule has 0 aromatic carbocycles. The van der Waals surface area contributed by atoms with Crippen LogP contribution in [0, 0.1) is 0 Å². The largest absolute Gasteiger partial charge is 0.374 e. The number of morpholine rings is 1. The molecule has 8 nitrogen and oxygen atoms in total. The van der Waals surface area contributed by atoms with Gasteiger partial charge in [0.2, 0.25) is 0 Å². The lowest BCUT2D eigenvalue weighted by atomic mass is 10.1. The summed E-state index contributed by atoms with van der Waals surface area (Å²) in [5.41, 5.74) is 0.711. The number of hydrogen-bond donors (Lipinski definition) is 1. The SMILES string of the molecule is Cn1ncc(N2CCOC(CCNC(=O)N3CCCCC3)C2)cc1=O. The van der Waals surface area contributed by atoms with Crippen molar-refractivity contribution in [2.45, 2.75) is 31.8 Å². The highest BCUT2D eigenvalue weighted by atomic mass is 16.5. The number of hydrogen-bond acceptors (Lipinski definition) is 5. The zero-order valence-corrected chi connectivity index (χ0v) is 14.8. The molecule has 0 aliphatic carbocycles. The van der Waals surface area contributed by atoms with E-state index in [0.717, 1.165) is 44.6 Å². The number of nitrogens with zero attached hydrogens (tertiary/aromatic N) is 4. The minimum Gasteiger partial charge on any atom is -0.374 e. The molecule has 0 saturated carbocycles. The summed E-state index contributed by atoms with van der Waals surface area (Å²) in [7, 11) is 1.64. The van der Waals surface area contributed by atoms with Gasteiger partial charge in [0.25, 0.3) is 5.56 Å². The van der Waals surface area contributed by atoms with E-state index < -0.39 is 0 Å². The third-order valence-electron chi connectivity index (χ3n) is 4.84. The first kappa shape index (κ1) is 17.7. The minimum absolute atomic E-state index is 0.0307. The number of aromatic nitrogens is 2. The van der Waals surface area contributed by atoms with Gasteiger partial charge >= 0.3 is 6.03 Å². The Morgan fingerprint density at radius 3 is 2.88 bits per heavy atom. The first-order valence-corrected chi connectivity index (χ1v) is 9.06. The summed E-state index contributed by atoms with van der Waals surface area (Å²) in [5.74, 6) is 0. The number of ether oxygens (including phenoxy) is 1. The van der Waals surface area contributed by atoms with E-state index in [0.29, 0.717) is 19.7 Å². The summed E-state index contributed by atoms with van der Waals surface area (Å²) in [5, 5.41) is 7.07. The van der Waals surface area contributed by atoms with Gasteiger partial charge in [-0.2, -0.15) is 5.10 Å². The molecule has 0 bridgehead atoms. The van der Waals surface area contributed by atoms with Crippen LogP contribution in [-0.4, -0.2) is 66.1 Å². The molecule has 2 fully saturated rings. The highest BCUT2D eigenvalue weighted by Crippen LogP contribution is 2.16. The Kier molecular flexibility index (Phi) is 5.91. The topological polar surface area (TPSA) is 79.7 Å². The van der Waals surface area contributed by atoms with Crippen LogP contribution in [0.25, 0.3) is 0 Å². The second kappa shape index (κ2) is 8.33. The Morgan fingerprint density at radius 2 is 2.12 bits per heavy atom. The monoisotopic (exact) mass is 349 g/mol. The van der Waals surface area contributed by atoms with E-state index in [1.807, 2.05) is 4.90 Å². The van der Waals surface area contributed by atoms with Crippen LogP contribution in [0.5, 0.6) is 0 Å². The van der Waals surface area contributed by atoms with Gasteiger partial charge in [0.05, 0.1) is 24.6 Å². The summed E-state index contributed by atoms with van der Waals surface area (Å²) in [6, 6.07) is 1.64. The van der Waals surface area contributed by atoms with Crippen molar-refractivity contribution < 1.29 is 9.53 Å². The van der Waals surface area contributed by atoms with Gasteiger partial charge in [0, 0.05) is 45.8 Å². The van der Waals surface area contributed by atoms with Gasteiger partial charge in [-0.1, -0.05) is 0 Å². The lowest BCUT2D eigenvalue weighted by Crippen LogP contribution is -2.46. The molecule has 2 amide bonds. The van der Waals surface area contributed by atoms with Crippen LogP contribution in [0.15, 0.2) is 17.1 Å². The fraction of sp³-hybridized carbons (Fsp3) is 0.706. The van der Waals surface area contributed by atoms with E-state index in [1.165, 1.54) is 11.1 Å². The highest BCUT2D eigenvalue weighted by molar-refractivity contribution is 5.74. The maximum Gasteiger partial charge on any atom is 0.317 e. The number of urea groups is 1. The van der Waals surface area contributed by atoms with Crippen LogP contribution in [-0.2, 0) is 11.8 Å². The molecule has 3 heterocycles. The minimum atomic E-state index is -0.116. The average molecular weight is 349 g/mol. The molecule has 2 aliphatic heterocycles. The quantitative estimate of drug-likeness (QED) is 0.860. The molecule has 1 unspecified atom stereocenters. The Balaban J connectivity index is 1.46. The number of nitrogens with one attached hydrogen (secondary N) is 1. The van der Waals surface area contributed by atoms with Gasteiger partial charge in [-0.05, 0) is 25.7 Å². The van der Waals surface area contributed by atoms with Gasteiger partial charge in [-0.25, -0.2) is 9.48 Å². The summed E-state index contributed by atoms with van der Waals surface area (Å²) < 4.78 is 7.12. The van der Waals surface area contributed by atoms with E-state index in [-0.39, 0.29) is 17.7 Å². The van der Waals surface area contributed by atoms with Crippen molar-refractivity contribution in [3.8, 4) is 0 Å². The van der Waals surface area contributed by atoms with Crippen molar-refractivity contribution in [3.63, 3.8) is 0 Å². The molecule has 0 spiro atoms. The molecule has 1 atom stereocenters. The molecule has 1 aromatic heterocycles. The average Bonchev–Trinajstić information content (AvgIpc) is 2.65. The van der Waals surface area contributed by atoms with Gasteiger partial charge in [-0.3, -0.25) is 4.79 Å². The molecule has 2 saturated heterocycles. The fourth-order valence-corrected chi connectivity index (χ4v) is 3.31. The molecule has 138 valence electrons. The normalized spacial score (nSPS) is 21.2. The van der Waals surface area contributed by atoms with Crippen LogP contribution in [0.4, 0.5) is 10.5 Å². The third kappa shape index (κ3) is 4.72. The summed E-state index contributed by atoms with van der Waals surface area (Å²) in [6.07, 6.45) is 5.92. The molecule has 8 heteroatoms. The molecule has 25 heavy (non-hydrogen) atoms. The van der Waals surface area contributed by atoms with Gasteiger partial charge in [0.1, 0.15) is 0 Å². The zero-order valence-electron chi connectivity index (χ0n) is 14.8. The summed E-state index contributed by atoms with van der Waals surface area (Å²) in [6.45, 7) is 4.37. The smallest absolute Gasteiger partial charge is 0.317 e. The highest BCUT2D eigenvalue weighted by Gasteiger charge is 2.22. The molecule has 1 N–H and O–H groups in total. The van der Waals surface area contributed by atoms with Gasteiger partial charge < -0.3 is 19.9 Å². The number of piperidine rings is 1. The van der Waals surface area contributed by atoms with Crippen LogP contribution in [0.2, 0.25) is 0 Å². The number of carbonyl (C=O) groups excluding carboxylic acids is 1. The predicted octanol–water partition coefficient (Wildman–Crippen LogP) is 0.571. The van der Waals surface area contributed by atoms with Gasteiger partial charge in [0.15, 0.2) is 0 Å². The molecule has 0 radical (unpaired) electrons. The number of aryl methyl sites for hydroxylation is 1. The van der Waals surface area contributed by atoms with Crippen molar-refractivity contribution in [2.24, 2.45) is 7.05 Å². The van der Waals surface area contributed by atoms with Gasteiger partial charge in [-0.15, -0.1) is 0 Å². The third-order valence-corrected chi connectivity index (χ3v) is 4.84. The molecule has 3 rings (SSSR count).